The van der Waals surface area contributed by atoms with Crippen molar-refractivity contribution in [2.45, 2.75) is 25.4 Å². The quantitative estimate of drug-likeness (QED) is 0.830. The smallest absolute Gasteiger partial charge is 0.370 e. The topological polar surface area (TPSA) is 70.1 Å². The van der Waals surface area contributed by atoms with Crippen molar-refractivity contribution < 1.29 is 18.0 Å². The average Bonchev–Trinajstić information content (AvgIpc) is 2.25. The highest BCUT2D eigenvalue weighted by Crippen LogP contribution is 2.28. The molecule has 7 heteroatoms. The molecule has 1 rings (SSSR count). The number of hydrogen-bond donors (Lipinski definition) is 1. The van der Waals surface area contributed by atoms with Gasteiger partial charge < -0.3 is 10.6 Å². The van der Waals surface area contributed by atoms with Crippen molar-refractivity contribution >= 4 is 5.91 Å². The fourth-order valence-corrected chi connectivity index (χ4v) is 2.13. The number of likely N-dealkylation sites (tertiary alicyclic amines) is 1. The van der Waals surface area contributed by atoms with Crippen LogP contribution in [0.2, 0.25) is 0 Å². The Labute approximate surface area is 104 Å². The van der Waals surface area contributed by atoms with Crippen LogP contribution in [0.15, 0.2) is 0 Å². The fraction of sp³-hybridized carbons (Fsp3) is 0.818. The summed E-state index contributed by atoms with van der Waals surface area (Å²) in [5, 5.41) is 8.51. The Morgan fingerprint density at radius 3 is 2.39 bits per heavy atom. The van der Waals surface area contributed by atoms with Gasteiger partial charge >= 0.3 is 6.18 Å². The van der Waals surface area contributed by atoms with Crippen LogP contribution in [0.5, 0.6) is 0 Å². The molecule has 2 N–H and O–H groups in total. The maximum Gasteiger partial charge on any atom is 0.405 e. The summed E-state index contributed by atoms with van der Waals surface area (Å²) in [4.78, 5) is 12.3. The number of piperidine rings is 1. The highest BCUT2D eigenvalue weighted by molar-refractivity contribution is 5.73. The van der Waals surface area contributed by atoms with Gasteiger partial charge in [0.1, 0.15) is 0 Å². The van der Waals surface area contributed by atoms with Gasteiger partial charge in [0.05, 0.1) is 6.07 Å². The predicted octanol–water partition coefficient (Wildman–Crippen LogP) is 1.28. The minimum absolute atomic E-state index is 0.158. The van der Waals surface area contributed by atoms with Gasteiger partial charge in [0.2, 0.25) is 5.91 Å². The lowest BCUT2D eigenvalue weighted by Gasteiger charge is -2.32. The Morgan fingerprint density at radius 2 is 2.00 bits per heavy atom. The third-order valence-corrected chi connectivity index (χ3v) is 3.19. The van der Waals surface area contributed by atoms with Crippen LogP contribution < -0.4 is 5.73 Å². The van der Waals surface area contributed by atoms with Crippen LogP contribution in [-0.4, -0.2) is 36.6 Å². The van der Waals surface area contributed by atoms with Crippen LogP contribution in [0.25, 0.3) is 0 Å². The Balaban J connectivity index is 2.40. The van der Waals surface area contributed by atoms with Gasteiger partial charge in [0.15, 0.2) is 5.92 Å². The first-order valence-electron chi connectivity index (χ1n) is 5.80. The first-order valence-corrected chi connectivity index (χ1v) is 5.80. The molecule has 18 heavy (non-hydrogen) atoms. The van der Waals surface area contributed by atoms with Crippen LogP contribution in [0.4, 0.5) is 13.2 Å². The van der Waals surface area contributed by atoms with Crippen LogP contribution in [0, 0.1) is 23.2 Å². The second kappa shape index (κ2) is 6.05. The lowest BCUT2D eigenvalue weighted by molar-refractivity contribution is -0.163. The summed E-state index contributed by atoms with van der Waals surface area (Å²) in [6.45, 7) is 0.668. The van der Waals surface area contributed by atoms with E-state index >= 15 is 0 Å². The molecule has 1 saturated heterocycles. The average molecular weight is 263 g/mol. The van der Waals surface area contributed by atoms with Gasteiger partial charge in [-0.2, -0.15) is 18.4 Å². The number of amides is 1. The van der Waals surface area contributed by atoms with Crippen molar-refractivity contribution in [3.05, 3.63) is 0 Å². The predicted molar refractivity (Wildman–Crippen MR) is 58.1 cm³/mol. The van der Waals surface area contributed by atoms with E-state index < -0.39 is 12.1 Å². The second-order valence-electron chi connectivity index (χ2n) is 4.64. The van der Waals surface area contributed by atoms with Crippen molar-refractivity contribution in [1.82, 2.24) is 4.90 Å². The monoisotopic (exact) mass is 263 g/mol. The number of nitrogens with zero attached hydrogens (tertiary/aromatic N) is 2. The maximum atomic E-state index is 12.4. The number of nitrogens with two attached hydrogens (primary N) is 1. The number of nitriles is 1. The molecule has 0 bridgehead atoms. The third-order valence-electron chi connectivity index (χ3n) is 3.19. The van der Waals surface area contributed by atoms with Crippen molar-refractivity contribution in [3.8, 4) is 6.07 Å². The SMILES string of the molecule is N#CC(CN1CCC(CC(N)=O)CC1)C(F)(F)F. The van der Waals surface area contributed by atoms with Gasteiger partial charge in [-0.1, -0.05) is 0 Å². The van der Waals surface area contributed by atoms with Crippen LogP contribution >= 0.6 is 0 Å². The molecule has 1 atom stereocenters. The van der Waals surface area contributed by atoms with Gasteiger partial charge in [0.25, 0.3) is 0 Å². The Hall–Kier alpha value is -1.29. The van der Waals surface area contributed by atoms with Crippen LogP contribution in [0.3, 0.4) is 0 Å². The summed E-state index contributed by atoms with van der Waals surface area (Å²) >= 11 is 0. The normalized spacial score (nSPS) is 20.3. The number of carbonyl (C=O) groups excluding carboxylic acids is 1. The summed E-state index contributed by atoms with van der Waals surface area (Å²) in [6.07, 6.45) is -2.88. The van der Waals surface area contributed by atoms with Crippen molar-refractivity contribution in [3.63, 3.8) is 0 Å². The Kier molecular flexibility index (Phi) is 4.96. The van der Waals surface area contributed by atoms with Crippen molar-refractivity contribution in [1.29, 1.82) is 5.26 Å². The number of alkyl halides is 3. The summed E-state index contributed by atoms with van der Waals surface area (Å²) in [5.41, 5.74) is 5.07. The van der Waals surface area contributed by atoms with E-state index in [1.165, 1.54) is 6.07 Å². The zero-order chi connectivity index (χ0) is 13.8. The largest absolute Gasteiger partial charge is 0.405 e. The molecule has 102 valence electrons. The highest BCUT2D eigenvalue weighted by atomic mass is 19.4. The summed E-state index contributed by atoms with van der Waals surface area (Å²) in [7, 11) is 0. The first kappa shape index (κ1) is 14.8. The minimum atomic E-state index is -4.47. The Morgan fingerprint density at radius 1 is 1.44 bits per heavy atom. The molecule has 1 aliphatic rings. The zero-order valence-electron chi connectivity index (χ0n) is 9.91. The maximum absolute atomic E-state index is 12.4. The van der Waals surface area contributed by atoms with E-state index in [0.717, 1.165) is 0 Å². The molecule has 0 aromatic carbocycles. The van der Waals surface area contributed by atoms with E-state index in [1.54, 1.807) is 4.90 Å². The lowest BCUT2D eigenvalue weighted by atomic mass is 9.93. The number of halogens is 3. The molecule has 0 aromatic rings. The number of primary amides is 1. The molecule has 0 aromatic heterocycles. The van der Waals surface area contributed by atoms with Crippen LogP contribution in [0.1, 0.15) is 19.3 Å². The molecule has 4 nitrogen and oxygen atoms in total. The van der Waals surface area contributed by atoms with E-state index in [0.29, 0.717) is 25.9 Å². The summed E-state index contributed by atoms with van der Waals surface area (Å²) in [5.74, 6) is -2.16. The van der Waals surface area contributed by atoms with E-state index in [1.807, 2.05) is 0 Å². The molecule has 1 unspecified atom stereocenters. The first-order chi connectivity index (χ1) is 8.32. The van der Waals surface area contributed by atoms with E-state index in [2.05, 4.69) is 0 Å². The van der Waals surface area contributed by atoms with Gasteiger partial charge in [-0.3, -0.25) is 4.79 Å². The molecule has 0 radical (unpaired) electrons. The molecule has 1 heterocycles. The van der Waals surface area contributed by atoms with Gasteiger partial charge in [-0.15, -0.1) is 0 Å². The molecule has 0 spiro atoms. The van der Waals surface area contributed by atoms with Crippen LogP contribution in [-0.2, 0) is 4.79 Å². The summed E-state index contributed by atoms with van der Waals surface area (Å²) in [6, 6.07) is 1.29. The molecular weight excluding hydrogens is 247 g/mol. The van der Waals surface area contributed by atoms with Crippen molar-refractivity contribution in [2.24, 2.45) is 17.6 Å². The standard InChI is InChI=1S/C11H16F3N3O/c12-11(13,14)9(6-15)7-17-3-1-8(2-4-17)5-10(16)18/h8-9H,1-5,7H2,(H2,16,18). The second-order valence-corrected chi connectivity index (χ2v) is 4.64. The number of carbonyl (C=O) groups is 1. The molecule has 1 fully saturated rings. The molecule has 1 aliphatic heterocycles. The summed E-state index contributed by atoms with van der Waals surface area (Å²) < 4.78 is 37.2. The van der Waals surface area contributed by atoms with E-state index in [9.17, 15) is 18.0 Å². The third kappa shape index (κ3) is 4.53. The molecule has 0 saturated carbocycles. The van der Waals surface area contributed by atoms with Gasteiger partial charge in [-0.05, 0) is 31.8 Å². The van der Waals surface area contributed by atoms with E-state index in [4.69, 9.17) is 11.0 Å². The minimum Gasteiger partial charge on any atom is -0.370 e. The molecular formula is C11H16F3N3O. The zero-order valence-corrected chi connectivity index (χ0v) is 9.91. The molecule has 0 aliphatic carbocycles. The fourth-order valence-electron chi connectivity index (χ4n) is 2.13. The number of hydrogen-bond acceptors (Lipinski definition) is 3. The van der Waals surface area contributed by atoms with Gasteiger partial charge in [0, 0.05) is 13.0 Å². The van der Waals surface area contributed by atoms with Crippen molar-refractivity contribution in [2.75, 3.05) is 19.6 Å². The van der Waals surface area contributed by atoms with Gasteiger partial charge in [-0.25, -0.2) is 0 Å². The number of rotatable bonds is 4. The highest BCUT2D eigenvalue weighted by Gasteiger charge is 2.41. The molecule has 1 amide bonds. The lowest BCUT2D eigenvalue weighted by Crippen LogP contribution is -2.41. The van der Waals surface area contributed by atoms with E-state index in [-0.39, 0.29) is 24.8 Å². The Bertz CT molecular complexity index is 329.